The van der Waals surface area contributed by atoms with Crippen LogP contribution in [0.1, 0.15) is 18.9 Å². The number of hydrogen-bond donors (Lipinski definition) is 0. The topological polar surface area (TPSA) is 55.2 Å². The molecule has 0 spiro atoms. The summed E-state index contributed by atoms with van der Waals surface area (Å²) in [5.74, 6) is 0.0929. The summed E-state index contributed by atoms with van der Waals surface area (Å²) in [6, 6.07) is 15.3. The summed E-state index contributed by atoms with van der Waals surface area (Å²) in [7, 11) is 1.81. The quantitative estimate of drug-likeness (QED) is 0.653. The number of carbonyl (C=O) groups excluding carboxylic acids is 1. The van der Waals surface area contributed by atoms with E-state index in [9.17, 15) is 9.59 Å². The van der Waals surface area contributed by atoms with Crippen LogP contribution in [0, 0.1) is 0 Å². The third-order valence-corrected chi connectivity index (χ3v) is 6.18. The lowest BCUT2D eigenvalue weighted by atomic mass is 10.1. The number of para-hydroxylation sites is 1. The highest BCUT2D eigenvalue weighted by Gasteiger charge is 2.31. The van der Waals surface area contributed by atoms with Gasteiger partial charge in [0.15, 0.2) is 5.16 Å². The predicted octanol–water partition coefficient (Wildman–Crippen LogP) is 3.27. The Labute approximate surface area is 162 Å². The van der Waals surface area contributed by atoms with Crippen LogP contribution < -0.4 is 5.56 Å². The van der Waals surface area contributed by atoms with Crippen molar-refractivity contribution in [1.82, 2.24) is 14.5 Å². The summed E-state index contributed by atoms with van der Waals surface area (Å²) >= 11 is 1.38. The van der Waals surface area contributed by atoms with E-state index in [2.05, 4.69) is 6.92 Å². The van der Waals surface area contributed by atoms with Crippen LogP contribution in [0.3, 0.4) is 0 Å². The van der Waals surface area contributed by atoms with Gasteiger partial charge in [-0.3, -0.25) is 14.2 Å². The molecule has 0 bridgehead atoms. The van der Waals surface area contributed by atoms with Crippen molar-refractivity contribution >= 4 is 28.6 Å². The molecule has 1 unspecified atom stereocenters. The first kappa shape index (κ1) is 17.8. The van der Waals surface area contributed by atoms with Crippen LogP contribution >= 0.6 is 11.8 Å². The minimum atomic E-state index is -0.204. The number of rotatable bonds is 4. The number of likely N-dealkylation sites (tertiary alicyclic amines) is 1. The first-order valence-corrected chi connectivity index (χ1v) is 9.99. The Bertz CT molecular complexity index is 1060. The van der Waals surface area contributed by atoms with E-state index in [0.29, 0.717) is 16.1 Å². The zero-order valence-corrected chi connectivity index (χ0v) is 16.2. The monoisotopic (exact) mass is 379 g/mol. The molecule has 5 nitrogen and oxygen atoms in total. The van der Waals surface area contributed by atoms with E-state index in [1.54, 1.807) is 15.5 Å². The molecule has 1 fully saturated rings. The van der Waals surface area contributed by atoms with Crippen LogP contribution in [0.25, 0.3) is 16.6 Å². The van der Waals surface area contributed by atoms with Crippen LogP contribution in [-0.4, -0.2) is 39.2 Å². The standard InChI is InChI=1S/C21H21N3O2S/c1-3-14-8-10-15(11-9-14)24-19(25)16-6-4-5-7-17(16)22-21(24)27-18-12-13-23(2)20(18)26/h4-11,18H,3,12-13H2,1-2H3. The number of hydrogen-bond acceptors (Lipinski definition) is 4. The van der Waals surface area contributed by atoms with Gasteiger partial charge in [-0.2, -0.15) is 0 Å². The highest BCUT2D eigenvalue weighted by atomic mass is 32.2. The fourth-order valence-corrected chi connectivity index (χ4v) is 4.53. The number of aromatic nitrogens is 2. The summed E-state index contributed by atoms with van der Waals surface area (Å²) < 4.78 is 1.64. The lowest BCUT2D eigenvalue weighted by Gasteiger charge is -2.16. The van der Waals surface area contributed by atoms with Gasteiger partial charge in [-0.1, -0.05) is 43.0 Å². The molecule has 0 radical (unpaired) electrons. The van der Waals surface area contributed by atoms with Gasteiger partial charge in [0.25, 0.3) is 5.56 Å². The summed E-state index contributed by atoms with van der Waals surface area (Å²) in [5, 5.41) is 0.942. The Balaban J connectivity index is 1.87. The van der Waals surface area contributed by atoms with Crippen molar-refractivity contribution in [1.29, 1.82) is 0 Å². The molecular weight excluding hydrogens is 358 g/mol. The molecule has 0 saturated carbocycles. The maximum Gasteiger partial charge on any atom is 0.266 e. The smallest absolute Gasteiger partial charge is 0.266 e. The van der Waals surface area contributed by atoms with Crippen molar-refractivity contribution < 1.29 is 4.79 Å². The molecule has 1 atom stereocenters. The van der Waals surface area contributed by atoms with E-state index in [-0.39, 0.29) is 16.7 Å². The SMILES string of the molecule is CCc1ccc(-n2c(SC3CCN(C)C3=O)nc3ccccc3c2=O)cc1. The second kappa shape index (κ2) is 7.19. The maximum atomic E-state index is 13.2. The molecular formula is C21H21N3O2S. The molecule has 4 rings (SSSR count). The lowest BCUT2D eigenvalue weighted by molar-refractivity contribution is -0.126. The number of amides is 1. The molecule has 6 heteroatoms. The van der Waals surface area contributed by atoms with E-state index in [1.807, 2.05) is 49.5 Å². The zero-order chi connectivity index (χ0) is 19.0. The predicted molar refractivity (Wildman–Crippen MR) is 109 cm³/mol. The van der Waals surface area contributed by atoms with Crippen LogP contribution in [-0.2, 0) is 11.2 Å². The number of benzene rings is 2. The van der Waals surface area contributed by atoms with Gasteiger partial charge in [-0.15, -0.1) is 0 Å². The maximum absolute atomic E-state index is 13.2. The van der Waals surface area contributed by atoms with E-state index >= 15 is 0 Å². The highest BCUT2D eigenvalue weighted by Crippen LogP contribution is 2.30. The normalized spacial score (nSPS) is 17.0. The van der Waals surface area contributed by atoms with Gasteiger partial charge < -0.3 is 4.90 Å². The number of aryl methyl sites for hydroxylation is 1. The molecule has 1 saturated heterocycles. The molecule has 2 aromatic carbocycles. The highest BCUT2D eigenvalue weighted by molar-refractivity contribution is 8.00. The van der Waals surface area contributed by atoms with Crippen molar-refractivity contribution in [3.63, 3.8) is 0 Å². The third kappa shape index (κ3) is 3.25. The molecule has 3 aromatic rings. The minimum Gasteiger partial charge on any atom is -0.345 e. The summed E-state index contributed by atoms with van der Waals surface area (Å²) in [6.45, 7) is 2.84. The molecule has 0 aliphatic carbocycles. The Morgan fingerprint density at radius 3 is 2.52 bits per heavy atom. The van der Waals surface area contributed by atoms with Crippen molar-refractivity contribution in [3.05, 3.63) is 64.4 Å². The third-order valence-electron chi connectivity index (χ3n) is 4.97. The Morgan fingerprint density at radius 2 is 1.85 bits per heavy atom. The fourth-order valence-electron chi connectivity index (χ4n) is 3.33. The molecule has 27 heavy (non-hydrogen) atoms. The first-order chi connectivity index (χ1) is 13.1. The molecule has 1 aliphatic heterocycles. The minimum absolute atomic E-state index is 0.0929. The fraction of sp³-hybridized carbons (Fsp3) is 0.286. The molecule has 1 amide bonds. The second-order valence-electron chi connectivity index (χ2n) is 6.73. The van der Waals surface area contributed by atoms with Crippen molar-refractivity contribution in [3.8, 4) is 5.69 Å². The van der Waals surface area contributed by atoms with Gasteiger partial charge in [-0.05, 0) is 42.7 Å². The largest absolute Gasteiger partial charge is 0.345 e. The zero-order valence-electron chi connectivity index (χ0n) is 15.4. The Morgan fingerprint density at radius 1 is 1.11 bits per heavy atom. The van der Waals surface area contributed by atoms with E-state index in [0.717, 1.165) is 25.1 Å². The lowest BCUT2D eigenvalue weighted by Crippen LogP contribution is -2.26. The van der Waals surface area contributed by atoms with Gasteiger partial charge in [0.2, 0.25) is 5.91 Å². The van der Waals surface area contributed by atoms with E-state index < -0.39 is 0 Å². The summed E-state index contributed by atoms with van der Waals surface area (Å²) in [4.78, 5) is 32.1. The number of thioether (sulfide) groups is 1. The van der Waals surface area contributed by atoms with Crippen LogP contribution in [0.4, 0.5) is 0 Å². The summed E-state index contributed by atoms with van der Waals surface area (Å²) in [5.41, 5.74) is 2.54. The molecule has 2 heterocycles. The molecule has 1 aliphatic rings. The van der Waals surface area contributed by atoms with Crippen LogP contribution in [0.2, 0.25) is 0 Å². The summed E-state index contributed by atoms with van der Waals surface area (Å²) in [6.07, 6.45) is 1.70. The van der Waals surface area contributed by atoms with Crippen molar-refractivity contribution in [2.24, 2.45) is 0 Å². The van der Waals surface area contributed by atoms with Gasteiger partial charge in [0.1, 0.15) is 0 Å². The van der Waals surface area contributed by atoms with Crippen LogP contribution in [0.15, 0.2) is 58.5 Å². The second-order valence-corrected chi connectivity index (χ2v) is 7.90. The first-order valence-electron chi connectivity index (χ1n) is 9.11. The van der Waals surface area contributed by atoms with Crippen LogP contribution in [0.5, 0.6) is 0 Å². The number of fused-ring (bicyclic) bond motifs is 1. The van der Waals surface area contributed by atoms with Crippen molar-refractivity contribution in [2.75, 3.05) is 13.6 Å². The van der Waals surface area contributed by atoms with Gasteiger partial charge in [-0.25, -0.2) is 4.98 Å². The Hall–Kier alpha value is -2.60. The van der Waals surface area contributed by atoms with Gasteiger partial charge in [0, 0.05) is 13.6 Å². The molecule has 0 N–H and O–H groups in total. The average Bonchev–Trinajstić information content (AvgIpc) is 3.01. The molecule has 1 aromatic heterocycles. The average molecular weight is 379 g/mol. The van der Waals surface area contributed by atoms with E-state index in [4.69, 9.17) is 4.98 Å². The van der Waals surface area contributed by atoms with Gasteiger partial charge in [0.05, 0.1) is 21.8 Å². The number of carbonyl (C=O) groups is 1. The van der Waals surface area contributed by atoms with Gasteiger partial charge >= 0.3 is 0 Å². The van der Waals surface area contributed by atoms with Crippen molar-refractivity contribution in [2.45, 2.75) is 30.2 Å². The molecule has 138 valence electrons. The number of nitrogens with zero attached hydrogens (tertiary/aromatic N) is 3. The Kier molecular flexibility index (Phi) is 4.74. The van der Waals surface area contributed by atoms with E-state index in [1.165, 1.54) is 17.3 Å².